The van der Waals surface area contributed by atoms with Crippen molar-refractivity contribution in [1.29, 1.82) is 0 Å². The number of Topliss-reactive ketones (excluding diaryl/α,β-unsaturated/α-hetero) is 1. The molecule has 2 aliphatic heterocycles. The van der Waals surface area contributed by atoms with Crippen LogP contribution < -0.4 is 4.74 Å². The molecule has 0 aliphatic carbocycles. The molecule has 1 atom stereocenters. The quantitative estimate of drug-likeness (QED) is 0.814. The first-order valence-electron chi connectivity index (χ1n) is 6.11. The summed E-state index contributed by atoms with van der Waals surface area (Å²) in [4.78, 5) is 20.8. The van der Waals surface area contributed by atoms with Gasteiger partial charge in [0.1, 0.15) is 5.75 Å². The monoisotopic (exact) mass is 254 g/mol. The molecule has 0 saturated carbocycles. The number of ketones is 1. The number of aliphatic imine (C=N–C) groups is 2. The predicted molar refractivity (Wildman–Crippen MR) is 75.6 cm³/mol. The lowest BCUT2D eigenvalue weighted by Gasteiger charge is -2.25. The van der Waals surface area contributed by atoms with Crippen molar-refractivity contribution >= 4 is 29.0 Å². The topological polar surface area (TPSA) is 51.0 Å². The smallest absolute Gasteiger partial charge is 0.163 e. The van der Waals surface area contributed by atoms with Crippen LogP contribution >= 0.6 is 0 Å². The van der Waals surface area contributed by atoms with Gasteiger partial charge in [-0.2, -0.15) is 0 Å². The van der Waals surface area contributed by atoms with Crippen molar-refractivity contribution in [2.75, 3.05) is 7.11 Å². The maximum atomic E-state index is 11.9. The number of allylic oxidation sites excluding steroid dienone is 1. The summed E-state index contributed by atoms with van der Waals surface area (Å²) in [5, 5.41) is 0. The minimum atomic E-state index is -0.879. The molecule has 4 nitrogen and oxygen atoms in total. The van der Waals surface area contributed by atoms with Crippen molar-refractivity contribution in [3.8, 4) is 5.75 Å². The number of fused-ring (bicyclic) bond motifs is 3. The van der Waals surface area contributed by atoms with Crippen molar-refractivity contribution in [1.82, 2.24) is 0 Å². The van der Waals surface area contributed by atoms with E-state index in [0.717, 1.165) is 28.3 Å². The Labute approximate surface area is 111 Å². The predicted octanol–water partition coefficient (Wildman–Crippen LogP) is 2.60. The van der Waals surface area contributed by atoms with E-state index in [4.69, 9.17) is 4.74 Å². The van der Waals surface area contributed by atoms with Crippen LogP contribution in [0.3, 0.4) is 0 Å². The van der Waals surface area contributed by atoms with Crippen LogP contribution in [0.5, 0.6) is 5.75 Å². The number of carbonyl (C=O) groups is 1. The summed E-state index contributed by atoms with van der Waals surface area (Å²) in [5.74, 6) is 0.751. The molecule has 2 heterocycles. The van der Waals surface area contributed by atoms with E-state index in [1.165, 1.54) is 0 Å². The highest BCUT2D eigenvalue weighted by Gasteiger charge is 2.41. The Bertz CT molecular complexity index is 671. The van der Waals surface area contributed by atoms with Crippen molar-refractivity contribution in [3.63, 3.8) is 0 Å². The second kappa shape index (κ2) is 3.88. The minimum absolute atomic E-state index is 0.00660. The summed E-state index contributed by atoms with van der Waals surface area (Å²) in [6, 6.07) is 5.74. The summed E-state index contributed by atoms with van der Waals surface area (Å²) in [5.41, 5.74) is 2.68. The summed E-state index contributed by atoms with van der Waals surface area (Å²) < 4.78 is 5.21. The Balaban J connectivity index is 2.18. The van der Waals surface area contributed by atoms with Gasteiger partial charge in [-0.1, -0.05) is 0 Å². The minimum Gasteiger partial charge on any atom is -0.497 e. The molecule has 0 saturated heterocycles. The van der Waals surface area contributed by atoms with Crippen LogP contribution in [0.2, 0.25) is 0 Å². The fourth-order valence-corrected chi connectivity index (χ4v) is 2.39. The van der Waals surface area contributed by atoms with Gasteiger partial charge in [0.2, 0.25) is 0 Å². The Morgan fingerprint density at radius 2 is 2.16 bits per heavy atom. The van der Waals surface area contributed by atoms with Gasteiger partial charge in [-0.05, 0) is 32.1 Å². The lowest BCUT2D eigenvalue weighted by molar-refractivity contribution is -0.119. The molecule has 0 spiro atoms. The maximum Gasteiger partial charge on any atom is 0.163 e. The van der Waals surface area contributed by atoms with Crippen molar-refractivity contribution in [2.24, 2.45) is 9.98 Å². The first-order chi connectivity index (χ1) is 9.06. The zero-order chi connectivity index (χ0) is 13.6. The molecule has 0 aromatic heterocycles. The van der Waals surface area contributed by atoms with Crippen LogP contribution in [0.4, 0.5) is 5.69 Å². The van der Waals surface area contributed by atoms with Gasteiger partial charge in [-0.15, -0.1) is 0 Å². The standard InChI is InChI=1S/C15H14N2O2/c1-9(18)15(2)14-12(6-7-16-15)11-5-4-10(19-3)8-13(11)17-14/h4-8H,1-3H3. The Hall–Kier alpha value is -2.23. The van der Waals surface area contributed by atoms with E-state index in [1.54, 1.807) is 27.2 Å². The van der Waals surface area contributed by atoms with E-state index >= 15 is 0 Å². The summed E-state index contributed by atoms with van der Waals surface area (Å²) in [6.07, 6.45) is 3.59. The zero-order valence-corrected chi connectivity index (χ0v) is 11.1. The number of hydrogen-bond acceptors (Lipinski definition) is 4. The van der Waals surface area contributed by atoms with E-state index in [-0.39, 0.29) is 5.78 Å². The molecule has 3 rings (SSSR count). The van der Waals surface area contributed by atoms with Gasteiger partial charge in [0.15, 0.2) is 11.3 Å². The number of dihydropyridines is 1. The Morgan fingerprint density at radius 1 is 1.37 bits per heavy atom. The molecule has 0 bridgehead atoms. The fraction of sp³-hybridized carbons (Fsp3) is 0.267. The normalized spacial score (nSPS) is 23.3. The lowest BCUT2D eigenvalue weighted by Crippen LogP contribution is -2.41. The molecule has 0 radical (unpaired) electrons. The molecule has 19 heavy (non-hydrogen) atoms. The van der Waals surface area contributed by atoms with Gasteiger partial charge in [0, 0.05) is 23.4 Å². The molecular formula is C15H14N2O2. The number of methoxy groups -OCH3 is 1. The summed E-state index contributed by atoms with van der Waals surface area (Å²) in [6.45, 7) is 3.35. The van der Waals surface area contributed by atoms with Crippen LogP contribution in [-0.4, -0.2) is 30.4 Å². The van der Waals surface area contributed by atoms with Gasteiger partial charge in [0.05, 0.1) is 18.5 Å². The molecule has 0 amide bonds. The molecule has 1 unspecified atom stereocenters. The third-order valence-electron chi connectivity index (χ3n) is 3.70. The molecular weight excluding hydrogens is 240 g/mol. The summed E-state index contributed by atoms with van der Waals surface area (Å²) in [7, 11) is 1.62. The fourth-order valence-electron chi connectivity index (χ4n) is 2.39. The molecule has 2 aliphatic rings. The zero-order valence-electron chi connectivity index (χ0n) is 11.1. The van der Waals surface area contributed by atoms with E-state index in [1.807, 2.05) is 24.3 Å². The molecule has 1 aromatic carbocycles. The molecule has 96 valence electrons. The maximum absolute atomic E-state index is 11.9. The van der Waals surface area contributed by atoms with Gasteiger partial charge in [0.25, 0.3) is 0 Å². The highest BCUT2D eigenvalue weighted by atomic mass is 16.5. The highest BCUT2D eigenvalue weighted by molar-refractivity contribution is 6.41. The number of rotatable bonds is 2. The molecule has 4 heteroatoms. The molecule has 0 fully saturated rings. The third kappa shape index (κ3) is 1.56. The van der Waals surface area contributed by atoms with E-state index in [9.17, 15) is 4.79 Å². The second-order valence-corrected chi connectivity index (χ2v) is 4.83. The Morgan fingerprint density at radius 3 is 2.84 bits per heavy atom. The van der Waals surface area contributed by atoms with Crippen LogP contribution in [-0.2, 0) is 4.79 Å². The number of benzene rings is 1. The van der Waals surface area contributed by atoms with Crippen molar-refractivity contribution in [2.45, 2.75) is 19.4 Å². The van der Waals surface area contributed by atoms with Gasteiger partial charge in [-0.25, -0.2) is 4.99 Å². The molecule has 0 N–H and O–H groups in total. The molecule has 1 aromatic rings. The largest absolute Gasteiger partial charge is 0.497 e. The average molecular weight is 254 g/mol. The van der Waals surface area contributed by atoms with Crippen molar-refractivity contribution < 1.29 is 9.53 Å². The van der Waals surface area contributed by atoms with Crippen LogP contribution in [0, 0.1) is 0 Å². The lowest BCUT2D eigenvalue weighted by atomic mass is 9.84. The van der Waals surface area contributed by atoms with Crippen LogP contribution in [0.25, 0.3) is 5.57 Å². The first-order valence-corrected chi connectivity index (χ1v) is 6.11. The second-order valence-electron chi connectivity index (χ2n) is 4.83. The Kier molecular flexibility index (Phi) is 2.42. The van der Waals surface area contributed by atoms with Crippen LogP contribution in [0.15, 0.2) is 34.3 Å². The van der Waals surface area contributed by atoms with E-state index in [0.29, 0.717) is 0 Å². The number of hydrogen-bond donors (Lipinski definition) is 0. The average Bonchev–Trinajstić information content (AvgIpc) is 2.78. The highest BCUT2D eigenvalue weighted by Crippen LogP contribution is 2.42. The van der Waals surface area contributed by atoms with Gasteiger partial charge in [-0.3, -0.25) is 9.79 Å². The SMILES string of the molecule is COc1ccc2c(c1)N=C1C2=CC=NC1(C)C(C)=O. The van der Waals surface area contributed by atoms with Crippen LogP contribution in [0.1, 0.15) is 19.4 Å². The summed E-state index contributed by atoms with van der Waals surface area (Å²) >= 11 is 0. The van der Waals surface area contributed by atoms with Gasteiger partial charge < -0.3 is 4.74 Å². The third-order valence-corrected chi connectivity index (χ3v) is 3.70. The van der Waals surface area contributed by atoms with E-state index < -0.39 is 5.54 Å². The van der Waals surface area contributed by atoms with E-state index in [2.05, 4.69) is 9.98 Å². The number of ether oxygens (including phenoxy) is 1. The number of nitrogens with zero attached hydrogens (tertiary/aromatic N) is 2. The number of carbonyl (C=O) groups excluding carboxylic acids is 1. The van der Waals surface area contributed by atoms with Gasteiger partial charge >= 0.3 is 0 Å². The van der Waals surface area contributed by atoms with Crippen molar-refractivity contribution in [3.05, 3.63) is 29.8 Å². The first kappa shape index (κ1) is 11.8.